The summed E-state index contributed by atoms with van der Waals surface area (Å²) in [5.41, 5.74) is 2.10. The molecule has 5 rings (SSSR count). The molecule has 8 heteroatoms. The van der Waals surface area contributed by atoms with Crippen LogP contribution in [0.4, 0.5) is 0 Å². The minimum atomic E-state index is -0.723. The van der Waals surface area contributed by atoms with Crippen molar-refractivity contribution in [3.8, 4) is 17.3 Å². The fourth-order valence-corrected chi connectivity index (χ4v) is 4.65. The maximum Gasteiger partial charge on any atom is 0.335 e. The SMILES string of the molecule is CCOc1ccccc1-n1c(O)c([C@H]2c3[nH]c4ccccc4c3CCN2C)c(=O)[nH]c1=O. The first kappa shape index (κ1) is 20.1. The van der Waals surface area contributed by atoms with Gasteiger partial charge in [0.05, 0.1) is 18.3 Å². The Kier molecular flexibility index (Phi) is 4.86. The van der Waals surface area contributed by atoms with Crippen molar-refractivity contribution in [3.05, 3.63) is 86.2 Å². The molecule has 2 aromatic carbocycles. The predicted molar refractivity (Wildman–Crippen MR) is 122 cm³/mol. The smallest absolute Gasteiger partial charge is 0.335 e. The molecule has 1 aliphatic heterocycles. The van der Waals surface area contributed by atoms with Crippen LogP contribution in [0.3, 0.4) is 0 Å². The molecule has 8 nitrogen and oxygen atoms in total. The van der Waals surface area contributed by atoms with Crippen molar-refractivity contribution < 1.29 is 9.84 Å². The van der Waals surface area contributed by atoms with Crippen LogP contribution in [-0.2, 0) is 6.42 Å². The van der Waals surface area contributed by atoms with Gasteiger partial charge in [-0.05, 0) is 44.2 Å². The number of benzene rings is 2. The number of hydrogen-bond acceptors (Lipinski definition) is 5. The van der Waals surface area contributed by atoms with E-state index < -0.39 is 23.2 Å². The van der Waals surface area contributed by atoms with Crippen LogP contribution < -0.4 is 16.0 Å². The molecule has 0 fully saturated rings. The number of ether oxygens (including phenoxy) is 1. The molecule has 164 valence electrons. The summed E-state index contributed by atoms with van der Waals surface area (Å²) in [5.74, 6) is 0.0444. The Labute approximate surface area is 183 Å². The van der Waals surface area contributed by atoms with Gasteiger partial charge in [0, 0.05) is 23.1 Å². The van der Waals surface area contributed by atoms with Crippen molar-refractivity contribution in [3.63, 3.8) is 0 Å². The summed E-state index contributed by atoms with van der Waals surface area (Å²) in [5, 5.41) is 12.4. The summed E-state index contributed by atoms with van der Waals surface area (Å²) in [6.45, 7) is 2.94. The summed E-state index contributed by atoms with van der Waals surface area (Å²) in [7, 11) is 1.90. The molecule has 32 heavy (non-hydrogen) atoms. The first-order chi connectivity index (χ1) is 15.5. The number of likely N-dealkylation sites (N-methyl/N-ethyl adjacent to an activating group) is 1. The van der Waals surface area contributed by atoms with E-state index in [1.165, 1.54) is 0 Å². The molecule has 1 atom stereocenters. The van der Waals surface area contributed by atoms with E-state index in [9.17, 15) is 14.7 Å². The Morgan fingerprint density at radius 1 is 1.09 bits per heavy atom. The largest absolute Gasteiger partial charge is 0.494 e. The Morgan fingerprint density at radius 3 is 2.66 bits per heavy atom. The Hall–Kier alpha value is -3.78. The van der Waals surface area contributed by atoms with Gasteiger partial charge in [0.2, 0.25) is 5.88 Å². The topological polar surface area (TPSA) is 103 Å². The summed E-state index contributed by atoms with van der Waals surface area (Å²) < 4.78 is 6.76. The molecule has 3 N–H and O–H groups in total. The number of H-pyrrole nitrogens is 2. The molecule has 0 saturated carbocycles. The number of aromatic hydroxyl groups is 1. The second-order valence-electron chi connectivity index (χ2n) is 7.93. The monoisotopic (exact) mass is 432 g/mol. The van der Waals surface area contributed by atoms with Crippen LogP contribution in [0.25, 0.3) is 16.6 Å². The van der Waals surface area contributed by atoms with Gasteiger partial charge in [0.25, 0.3) is 5.56 Å². The fourth-order valence-electron chi connectivity index (χ4n) is 4.65. The third kappa shape index (κ3) is 3.03. The highest BCUT2D eigenvalue weighted by molar-refractivity contribution is 5.85. The highest BCUT2D eigenvalue weighted by Crippen LogP contribution is 2.39. The van der Waals surface area contributed by atoms with E-state index in [4.69, 9.17) is 4.74 Å². The van der Waals surface area contributed by atoms with E-state index in [2.05, 4.69) is 16.0 Å². The van der Waals surface area contributed by atoms with Gasteiger partial charge in [-0.3, -0.25) is 14.7 Å². The first-order valence-electron chi connectivity index (χ1n) is 10.6. The Bertz CT molecular complexity index is 1430. The van der Waals surface area contributed by atoms with Crippen molar-refractivity contribution >= 4 is 10.9 Å². The third-order valence-electron chi connectivity index (χ3n) is 6.08. The molecular formula is C24H24N4O4. The summed E-state index contributed by atoms with van der Waals surface area (Å²) >= 11 is 0. The number of fused-ring (bicyclic) bond motifs is 3. The van der Waals surface area contributed by atoms with Crippen LogP contribution in [0.1, 0.15) is 29.8 Å². The van der Waals surface area contributed by atoms with Crippen molar-refractivity contribution in [2.24, 2.45) is 0 Å². The lowest BCUT2D eigenvalue weighted by atomic mass is 9.94. The molecule has 4 aromatic rings. The Morgan fingerprint density at radius 2 is 1.84 bits per heavy atom. The van der Waals surface area contributed by atoms with Crippen molar-refractivity contribution in [2.75, 3.05) is 20.2 Å². The van der Waals surface area contributed by atoms with E-state index in [0.717, 1.165) is 33.1 Å². The lowest BCUT2D eigenvalue weighted by Gasteiger charge is -2.33. The minimum absolute atomic E-state index is 0.117. The van der Waals surface area contributed by atoms with Gasteiger partial charge >= 0.3 is 5.69 Å². The van der Waals surface area contributed by atoms with E-state index in [0.29, 0.717) is 24.6 Å². The van der Waals surface area contributed by atoms with Crippen molar-refractivity contribution in [2.45, 2.75) is 19.4 Å². The van der Waals surface area contributed by atoms with Crippen LogP contribution >= 0.6 is 0 Å². The summed E-state index contributed by atoms with van der Waals surface area (Å²) in [6.07, 6.45) is 0.817. The Balaban J connectivity index is 1.77. The molecule has 0 unspecified atom stereocenters. The van der Waals surface area contributed by atoms with Crippen molar-refractivity contribution in [1.29, 1.82) is 0 Å². The summed E-state index contributed by atoms with van der Waals surface area (Å²) in [4.78, 5) is 33.7. The second-order valence-corrected chi connectivity index (χ2v) is 7.93. The van der Waals surface area contributed by atoms with E-state index in [1.807, 2.05) is 37.1 Å². The number of rotatable bonds is 4. The van der Waals surface area contributed by atoms with Gasteiger partial charge in [0.1, 0.15) is 11.3 Å². The van der Waals surface area contributed by atoms with Gasteiger partial charge < -0.3 is 14.8 Å². The average Bonchev–Trinajstić information content (AvgIpc) is 3.15. The fraction of sp³-hybridized carbons (Fsp3) is 0.250. The normalized spacial score (nSPS) is 16.2. The number of hydrogen-bond donors (Lipinski definition) is 3. The molecule has 0 saturated heterocycles. The van der Waals surface area contributed by atoms with Gasteiger partial charge in [-0.25, -0.2) is 9.36 Å². The summed E-state index contributed by atoms with van der Waals surface area (Å²) in [6, 6.07) is 14.4. The number of para-hydroxylation sites is 3. The lowest BCUT2D eigenvalue weighted by Crippen LogP contribution is -2.39. The van der Waals surface area contributed by atoms with E-state index >= 15 is 0 Å². The molecule has 2 aromatic heterocycles. The maximum atomic E-state index is 13.0. The highest BCUT2D eigenvalue weighted by atomic mass is 16.5. The number of nitrogens with zero attached hydrogens (tertiary/aromatic N) is 2. The zero-order chi connectivity index (χ0) is 22.4. The molecular weight excluding hydrogens is 408 g/mol. The number of aromatic amines is 2. The van der Waals surface area contributed by atoms with Gasteiger partial charge in [-0.2, -0.15) is 0 Å². The molecule has 0 bridgehead atoms. The zero-order valence-corrected chi connectivity index (χ0v) is 17.9. The second kappa shape index (κ2) is 7.72. The van der Waals surface area contributed by atoms with E-state index in [1.54, 1.807) is 24.3 Å². The van der Waals surface area contributed by atoms with Crippen LogP contribution in [0, 0.1) is 0 Å². The first-order valence-corrected chi connectivity index (χ1v) is 10.6. The average molecular weight is 432 g/mol. The van der Waals surface area contributed by atoms with Crippen molar-refractivity contribution in [1.82, 2.24) is 19.4 Å². The van der Waals surface area contributed by atoms with Crippen LogP contribution in [0.2, 0.25) is 0 Å². The molecule has 0 amide bonds. The molecule has 3 heterocycles. The van der Waals surface area contributed by atoms with Gasteiger partial charge in [-0.15, -0.1) is 0 Å². The van der Waals surface area contributed by atoms with Crippen LogP contribution in [0.15, 0.2) is 58.1 Å². The van der Waals surface area contributed by atoms with E-state index in [-0.39, 0.29) is 5.56 Å². The predicted octanol–water partition coefficient (Wildman–Crippen LogP) is 2.69. The minimum Gasteiger partial charge on any atom is -0.494 e. The highest BCUT2D eigenvalue weighted by Gasteiger charge is 2.35. The van der Waals surface area contributed by atoms with Gasteiger partial charge in [-0.1, -0.05) is 30.3 Å². The molecule has 0 radical (unpaired) electrons. The third-order valence-corrected chi connectivity index (χ3v) is 6.08. The van der Waals surface area contributed by atoms with Crippen LogP contribution in [0.5, 0.6) is 11.6 Å². The van der Waals surface area contributed by atoms with Gasteiger partial charge in [0.15, 0.2) is 0 Å². The lowest BCUT2D eigenvalue weighted by molar-refractivity contribution is 0.251. The maximum absolute atomic E-state index is 13.0. The number of aromatic nitrogens is 3. The molecule has 0 aliphatic carbocycles. The molecule has 1 aliphatic rings. The molecule has 0 spiro atoms. The zero-order valence-electron chi connectivity index (χ0n) is 17.9. The van der Waals surface area contributed by atoms with Crippen LogP contribution in [-0.4, -0.2) is 44.7 Å². The number of nitrogens with one attached hydrogen (secondary N) is 2. The quantitative estimate of drug-likeness (QED) is 0.460. The standard InChI is InChI=1S/C24H24N4O4/c1-3-32-18-11-7-6-10-17(18)28-23(30)19(22(29)26-24(28)31)21-20-15(12-13-27(21)2)14-8-4-5-9-16(14)25-20/h4-11,21,25,30H,3,12-13H2,1-2H3,(H,26,29,31)/t21-/m0/s1.